The molecule has 0 spiro atoms. The molecule has 3 nitrogen and oxygen atoms in total. The fourth-order valence-corrected chi connectivity index (χ4v) is 2.62. The van der Waals surface area contributed by atoms with Crippen LogP contribution in [0.3, 0.4) is 0 Å². The molecule has 1 aliphatic heterocycles. The van der Waals surface area contributed by atoms with Crippen LogP contribution in [0.4, 0.5) is 0 Å². The smallest absolute Gasteiger partial charge is 0.186 e. The van der Waals surface area contributed by atoms with Crippen molar-refractivity contribution in [1.29, 1.82) is 0 Å². The Bertz CT molecular complexity index is 359. The number of hydrogen-bond acceptors (Lipinski definition) is 4. The second-order valence-corrected chi connectivity index (χ2v) is 5.67. The molecule has 4 heteroatoms. The molecule has 2 rings (SSSR count). The van der Waals surface area contributed by atoms with E-state index < -0.39 is 0 Å². The number of carbonyl (C=O) groups is 1. The summed E-state index contributed by atoms with van der Waals surface area (Å²) in [5.41, 5.74) is -0.131. The highest BCUT2D eigenvalue weighted by Gasteiger charge is 2.28. The highest BCUT2D eigenvalue weighted by atomic mass is 32.1. The number of nitrogens with zero attached hydrogens (tertiary/aromatic N) is 1. The number of rotatable bonds is 3. The van der Waals surface area contributed by atoms with Crippen molar-refractivity contribution < 1.29 is 9.53 Å². The second-order valence-electron chi connectivity index (χ2n) is 4.72. The SMILES string of the molecule is CC1(C)CN(CC(=O)c2cccs2)CCO1. The standard InChI is InChI=1S/C12H17NO2S/c1-12(2)9-13(5-6-15-12)8-10(14)11-4-3-7-16-11/h3-4,7H,5-6,8-9H2,1-2H3. The molecule has 1 aromatic rings. The molecule has 0 saturated carbocycles. The van der Waals surface area contributed by atoms with Crippen LogP contribution >= 0.6 is 11.3 Å². The molecule has 0 bridgehead atoms. The minimum absolute atomic E-state index is 0.131. The maximum absolute atomic E-state index is 11.9. The predicted octanol–water partition coefficient (Wildman–Crippen LogP) is 2.04. The van der Waals surface area contributed by atoms with Crippen molar-refractivity contribution in [2.24, 2.45) is 0 Å². The molecule has 0 amide bonds. The number of hydrogen-bond donors (Lipinski definition) is 0. The first-order valence-corrected chi connectivity index (χ1v) is 6.38. The van der Waals surface area contributed by atoms with Crippen LogP contribution in [-0.4, -0.2) is 42.5 Å². The fraction of sp³-hybridized carbons (Fsp3) is 0.583. The van der Waals surface area contributed by atoms with E-state index in [4.69, 9.17) is 4.74 Å². The predicted molar refractivity (Wildman–Crippen MR) is 65.1 cm³/mol. The van der Waals surface area contributed by atoms with Gasteiger partial charge in [0.05, 0.1) is 23.6 Å². The molecule has 16 heavy (non-hydrogen) atoms. The van der Waals surface area contributed by atoms with Crippen molar-refractivity contribution in [1.82, 2.24) is 4.90 Å². The molecule has 2 heterocycles. The minimum Gasteiger partial charge on any atom is -0.373 e. The van der Waals surface area contributed by atoms with Crippen LogP contribution < -0.4 is 0 Å². The summed E-state index contributed by atoms with van der Waals surface area (Å²) in [5.74, 6) is 0.215. The van der Waals surface area contributed by atoms with E-state index in [9.17, 15) is 4.79 Å². The van der Waals surface area contributed by atoms with Gasteiger partial charge in [0.2, 0.25) is 0 Å². The molecule has 0 aromatic carbocycles. The van der Waals surface area contributed by atoms with Crippen molar-refractivity contribution in [3.05, 3.63) is 22.4 Å². The van der Waals surface area contributed by atoms with Crippen LogP contribution in [0.1, 0.15) is 23.5 Å². The lowest BCUT2D eigenvalue weighted by Crippen LogP contribution is -2.49. The van der Waals surface area contributed by atoms with Gasteiger partial charge >= 0.3 is 0 Å². The summed E-state index contributed by atoms with van der Waals surface area (Å²) < 4.78 is 5.62. The summed E-state index contributed by atoms with van der Waals surface area (Å²) >= 11 is 1.51. The Labute approximate surface area is 100 Å². The van der Waals surface area contributed by atoms with Gasteiger partial charge in [0.1, 0.15) is 0 Å². The second kappa shape index (κ2) is 4.65. The largest absolute Gasteiger partial charge is 0.373 e. The molecule has 0 radical (unpaired) electrons. The normalized spacial score (nSPS) is 20.9. The first-order chi connectivity index (χ1) is 7.57. The Morgan fingerprint density at radius 2 is 2.44 bits per heavy atom. The van der Waals surface area contributed by atoms with Gasteiger partial charge in [-0.25, -0.2) is 0 Å². The molecule has 0 aliphatic carbocycles. The first kappa shape index (κ1) is 11.8. The fourth-order valence-electron chi connectivity index (χ4n) is 1.97. The molecule has 0 atom stereocenters. The Balaban J connectivity index is 1.92. The molecular weight excluding hydrogens is 222 g/mol. The van der Waals surface area contributed by atoms with E-state index in [2.05, 4.69) is 18.7 Å². The van der Waals surface area contributed by atoms with E-state index in [0.717, 1.165) is 18.0 Å². The number of Topliss-reactive ketones (excluding diaryl/α,β-unsaturated/α-hetero) is 1. The van der Waals surface area contributed by atoms with Gasteiger partial charge in [-0.15, -0.1) is 11.3 Å². The average molecular weight is 239 g/mol. The van der Waals surface area contributed by atoms with Crippen LogP contribution in [0, 0.1) is 0 Å². The van der Waals surface area contributed by atoms with Crippen molar-refractivity contribution in [2.45, 2.75) is 19.4 Å². The zero-order chi connectivity index (χ0) is 11.6. The maximum atomic E-state index is 11.9. The average Bonchev–Trinajstić information content (AvgIpc) is 2.68. The molecular formula is C12H17NO2S. The molecule has 0 N–H and O–H groups in total. The van der Waals surface area contributed by atoms with E-state index >= 15 is 0 Å². The Morgan fingerprint density at radius 3 is 3.06 bits per heavy atom. The highest BCUT2D eigenvalue weighted by Crippen LogP contribution is 2.17. The Hall–Kier alpha value is -0.710. The summed E-state index contributed by atoms with van der Waals surface area (Å²) in [6.45, 7) is 7.02. The van der Waals surface area contributed by atoms with Crippen molar-refractivity contribution in [3.63, 3.8) is 0 Å². The maximum Gasteiger partial charge on any atom is 0.186 e. The molecule has 1 aliphatic rings. The summed E-state index contributed by atoms with van der Waals surface area (Å²) in [7, 11) is 0. The molecule has 1 fully saturated rings. The van der Waals surface area contributed by atoms with Crippen molar-refractivity contribution in [2.75, 3.05) is 26.2 Å². The Morgan fingerprint density at radius 1 is 1.62 bits per heavy atom. The van der Waals surface area contributed by atoms with Gasteiger partial charge in [-0.3, -0.25) is 9.69 Å². The number of ether oxygens (including phenoxy) is 1. The van der Waals surface area contributed by atoms with Gasteiger partial charge in [-0.05, 0) is 25.3 Å². The summed E-state index contributed by atoms with van der Waals surface area (Å²) in [6, 6.07) is 3.81. The first-order valence-electron chi connectivity index (χ1n) is 5.50. The summed E-state index contributed by atoms with van der Waals surface area (Å²) in [6.07, 6.45) is 0. The van der Waals surface area contributed by atoms with E-state index in [1.807, 2.05) is 17.5 Å². The van der Waals surface area contributed by atoms with Gasteiger partial charge in [-0.1, -0.05) is 6.07 Å². The lowest BCUT2D eigenvalue weighted by molar-refractivity contribution is -0.0832. The third-order valence-electron chi connectivity index (χ3n) is 2.67. The zero-order valence-corrected chi connectivity index (χ0v) is 10.5. The van der Waals surface area contributed by atoms with Crippen LogP contribution in [0.25, 0.3) is 0 Å². The van der Waals surface area contributed by atoms with E-state index in [-0.39, 0.29) is 11.4 Å². The summed E-state index contributed by atoms with van der Waals surface area (Å²) in [4.78, 5) is 14.9. The molecule has 1 saturated heterocycles. The van der Waals surface area contributed by atoms with Gasteiger partial charge < -0.3 is 4.74 Å². The molecule has 0 unspecified atom stereocenters. The lowest BCUT2D eigenvalue weighted by Gasteiger charge is -2.37. The molecule has 88 valence electrons. The zero-order valence-electron chi connectivity index (χ0n) is 9.73. The van der Waals surface area contributed by atoms with Crippen LogP contribution in [0.2, 0.25) is 0 Å². The number of morpholine rings is 1. The Kier molecular flexibility index (Phi) is 3.42. The van der Waals surface area contributed by atoms with Crippen LogP contribution in [0.5, 0.6) is 0 Å². The van der Waals surface area contributed by atoms with Crippen molar-refractivity contribution in [3.8, 4) is 0 Å². The van der Waals surface area contributed by atoms with Gasteiger partial charge in [0, 0.05) is 13.1 Å². The molecule has 1 aromatic heterocycles. The number of ketones is 1. The number of carbonyl (C=O) groups excluding carboxylic acids is 1. The van der Waals surface area contributed by atoms with Crippen molar-refractivity contribution >= 4 is 17.1 Å². The minimum atomic E-state index is -0.131. The number of thiophene rings is 1. The quantitative estimate of drug-likeness (QED) is 0.756. The van der Waals surface area contributed by atoms with Gasteiger partial charge in [0.25, 0.3) is 0 Å². The third kappa shape index (κ3) is 2.90. The topological polar surface area (TPSA) is 29.5 Å². The lowest BCUT2D eigenvalue weighted by atomic mass is 10.1. The van der Waals surface area contributed by atoms with E-state index in [1.165, 1.54) is 11.3 Å². The van der Waals surface area contributed by atoms with Gasteiger partial charge in [-0.2, -0.15) is 0 Å². The van der Waals surface area contributed by atoms with Crippen LogP contribution in [-0.2, 0) is 4.74 Å². The van der Waals surface area contributed by atoms with Crippen LogP contribution in [0.15, 0.2) is 17.5 Å². The third-order valence-corrected chi connectivity index (χ3v) is 3.58. The van der Waals surface area contributed by atoms with Gasteiger partial charge in [0.15, 0.2) is 5.78 Å². The van der Waals surface area contributed by atoms with E-state index in [1.54, 1.807) is 0 Å². The monoisotopic (exact) mass is 239 g/mol. The summed E-state index contributed by atoms with van der Waals surface area (Å²) in [5, 5.41) is 1.94. The highest BCUT2D eigenvalue weighted by molar-refractivity contribution is 7.12. The van der Waals surface area contributed by atoms with E-state index in [0.29, 0.717) is 13.2 Å².